The van der Waals surface area contributed by atoms with Gasteiger partial charge in [-0.2, -0.15) is 0 Å². The van der Waals surface area contributed by atoms with Crippen LogP contribution in [-0.2, 0) is 10.3 Å². The van der Waals surface area contributed by atoms with E-state index in [4.69, 9.17) is 10.5 Å². The van der Waals surface area contributed by atoms with Crippen LogP contribution in [0.25, 0.3) is 10.9 Å². The Morgan fingerprint density at radius 3 is 2.81 bits per heavy atom. The molecule has 1 aliphatic heterocycles. The number of thiophene rings is 1. The molecule has 4 atom stereocenters. The smallest absolute Gasteiger partial charge is 0.170 e. The second-order valence-corrected chi connectivity index (χ2v) is 6.36. The zero-order valence-corrected chi connectivity index (χ0v) is 12.4. The Morgan fingerprint density at radius 1 is 1.48 bits per heavy atom. The van der Waals surface area contributed by atoms with Gasteiger partial charge in [0.2, 0.25) is 0 Å². The third kappa shape index (κ3) is 1.80. The molecular weight excluding hydrogens is 297 g/mol. The summed E-state index contributed by atoms with van der Waals surface area (Å²) < 4.78 is 20.8. The lowest BCUT2D eigenvalue weighted by molar-refractivity contribution is -0.0923. The SMILES string of the molecule is C[C@@]1(c2scc3c(N)ncnc23)O[C@H](CO)[C@@H](O)[C@@]1(C)F. The van der Waals surface area contributed by atoms with Crippen molar-refractivity contribution in [2.24, 2.45) is 0 Å². The normalized spacial score (nSPS) is 36.4. The van der Waals surface area contributed by atoms with Gasteiger partial charge in [-0.1, -0.05) is 0 Å². The number of nitrogens with two attached hydrogens (primary N) is 1. The van der Waals surface area contributed by atoms with Crippen LogP contribution in [0, 0.1) is 0 Å². The minimum Gasteiger partial charge on any atom is -0.394 e. The number of rotatable bonds is 2. The number of fused-ring (bicyclic) bond motifs is 1. The molecule has 0 bridgehead atoms. The van der Waals surface area contributed by atoms with E-state index in [2.05, 4.69) is 9.97 Å². The van der Waals surface area contributed by atoms with Crippen molar-refractivity contribution in [3.05, 3.63) is 16.6 Å². The zero-order valence-electron chi connectivity index (χ0n) is 11.6. The molecule has 21 heavy (non-hydrogen) atoms. The third-order valence-electron chi connectivity index (χ3n) is 4.27. The molecule has 2 aromatic rings. The van der Waals surface area contributed by atoms with E-state index in [1.54, 1.807) is 12.3 Å². The molecule has 6 nitrogen and oxygen atoms in total. The first kappa shape index (κ1) is 14.6. The molecule has 114 valence electrons. The minimum absolute atomic E-state index is 0.309. The Bertz CT molecular complexity index is 692. The highest BCUT2D eigenvalue weighted by atomic mass is 32.1. The Morgan fingerprint density at radius 2 is 2.19 bits per heavy atom. The Balaban J connectivity index is 2.19. The predicted octanol–water partition coefficient (Wildman–Crippen LogP) is 0.969. The number of halogens is 1. The number of hydrogen-bond donors (Lipinski definition) is 3. The molecule has 1 aliphatic rings. The topological polar surface area (TPSA) is 101 Å². The maximum Gasteiger partial charge on any atom is 0.170 e. The Kier molecular flexibility index (Phi) is 3.17. The summed E-state index contributed by atoms with van der Waals surface area (Å²) in [4.78, 5) is 8.58. The van der Waals surface area contributed by atoms with E-state index in [1.165, 1.54) is 24.6 Å². The first-order chi connectivity index (χ1) is 9.83. The molecule has 0 unspecified atom stereocenters. The fourth-order valence-electron chi connectivity index (χ4n) is 2.74. The Hall–Kier alpha value is -1.35. The molecule has 3 rings (SSSR count). The molecule has 0 amide bonds. The molecule has 2 aromatic heterocycles. The van der Waals surface area contributed by atoms with Crippen molar-refractivity contribution in [2.75, 3.05) is 12.3 Å². The van der Waals surface area contributed by atoms with Gasteiger partial charge in [-0.05, 0) is 13.8 Å². The second-order valence-electron chi connectivity index (χ2n) is 5.48. The predicted molar refractivity (Wildman–Crippen MR) is 76.7 cm³/mol. The lowest BCUT2D eigenvalue weighted by atomic mass is 9.83. The van der Waals surface area contributed by atoms with Gasteiger partial charge in [0.1, 0.15) is 30.0 Å². The van der Waals surface area contributed by atoms with Gasteiger partial charge in [0.25, 0.3) is 0 Å². The van der Waals surface area contributed by atoms with Crippen LogP contribution < -0.4 is 5.73 Å². The van der Waals surface area contributed by atoms with E-state index >= 15 is 4.39 Å². The summed E-state index contributed by atoms with van der Waals surface area (Å²) in [5, 5.41) is 21.7. The molecule has 1 fully saturated rings. The first-order valence-electron chi connectivity index (χ1n) is 6.46. The van der Waals surface area contributed by atoms with Crippen molar-refractivity contribution in [2.45, 2.75) is 37.3 Å². The van der Waals surface area contributed by atoms with Crippen molar-refractivity contribution >= 4 is 28.1 Å². The number of hydrogen-bond acceptors (Lipinski definition) is 7. The van der Waals surface area contributed by atoms with Crippen LogP contribution in [0.2, 0.25) is 0 Å². The lowest BCUT2D eigenvalue weighted by Crippen LogP contribution is -2.46. The average Bonchev–Trinajstić information content (AvgIpc) is 2.95. The van der Waals surface area contributed by atoms with Crippen molar-refractivity contribution in [1.29, 1.82) is 0 Å². The van der Waals surface area contributed by atoms with E-state index in [-0.39, 0.29) is 0 Å². The van der Waals surface area contributed by atoms with Gasteiger partial charge in [0.05, 0.1) is 22.4 Å². The quantitative estimate of drug-likeness (QED) is 0.763. The number of ether oxygens (including phenoxy) is 1. The fraction of sp³-hybridized carbons (Fsp3) is 0.538. The number of alkyl halides is 1. The number of nitrogens with zero attached hydrogens (tertiary/aromatic N) is 2. The average molecular weight is 313 g/mol. The summed E-state index contributed by atoms with van der Waals surface area (Å²) in [5.41, 5.74) is 2.80. The van der Waals surface area contributed by atoms with E-state index in [9.17, 15) is 10.2 Å². The summed E-state index contributed by atoms with van der Waals surface area (Å²) in [6.07, 6.45) is -1.10. The van der Waals surface area contributed by atoms with Crippen molar-refractivity contribution in [3.63, 3.8) is 0 Å². The van der Waals surface area contributed by atoms with E-state index in [1.807, 2.05) is 0 Å². The molecular formula is C13H16FN3O3S. The van der Waals surface area contributed by atoms with Crippen molar-refractivity contribution in [1.82, 2.24) is 9.97 Å². The van der Waals surface area contributed by atoms with Gasteiger partial charge in [-0.25, -0.2) is 14.4 Å². The summed E-state index contributed by atoms with van der Waals surface area (Å²) in [6.45, 7) is 2.36. The van der Waals surface area contributed by atoms with Gasteiger partial charge in [0, 0.05) is 5.38 Å². The van der Waals surface area contributed by atoms with Gasteiger partial charge < -0.3 is 20.7 Å². The standard InChI is InChI=1S/C13H16FN3O3S/c1-12(14)9(19)7(3-18)20-13(12,2)10-8-6(4-21-10)11(15)17-5-16-8/h4-5,7,9,18-19H,3H2,1-2H3,(H2,15,16,17)/t7-,9-,12-,13+/m1/s1. The van der Waals surface area contributed by atoms with Gasteiger partial charge >= 0.3 is 0 Å². The summed E-state index contributed by atoms with van der Waals surface area (Å²) >= 11 is 1.25. The third-order valence-corrected chi connectivity index (χ3v) is 5.44. The summed E-state index contributed by atoms with van der Waals surface area (Å²) in [7, 11) is 0. The number of anilines is 1. The van der Waals surface area contributed by atoms with Crippen LogP contribution in [0.4, 0.5) is 10.2 Å². The highest BCUT2D eigenvalue weighted by molar-refractivity contribution is 7.11. The zero-order chi connectivity index (χ0) is 15.4. The number of nitrogen functional groups attached to an aromatic ring is 1. The highest BCUT2D eigenvalue weighted by Gasteiger charge is 2.63. The number of aliphatic hydroxyl groups excluding tert-OH is 2. The minimum atomic E-state index is -2.07. The number of aliphatic hydroxyl groups is 2. The second kappa shape index (κ2) is 4.57. The number of aromatic nitrogens is 2. The Labute approximate surface area is 124 Å². The highest BCUT2D eigenvalue weighted by Crippen LogP contribution is 2.52. The van der Waals surface area contributed by atoms with Gasteiger partial charge in [-0.3, -0.25) is 0 Å². The van der Waals surface area contributed by atoms with E-state index in [0.717, 1.165) is 0 Å². The van der Waals surface area contributed by atoms with E-state index in [0.29, 0.717) is 21.6 Å². The van der Waals surface area contributed by atoms with Crippen molar-refractivity contribution in [3.8, 4) is 0 Å². The fourth-order valence-corrected chi connectivity index (χ4v) is 3.96. The van der Waals surface area contributed by atoms with Crippen LogP contribution in [0.5, 0.6) is 0 Å². The first-order valence-corrected chi connectivity index (χ1v) is 7.34. The van der Waals surface area contributed by atoms with Crippen LogP contribution in [0.1, 0.15) is 18.7 Å². The largest absolute Gasteiger partial charge is 0.394 e. The maximum absolute atomic E-state index is 15.1. The van der Waals surface area contributed by atoms with Gasteiger partial charge in [0.15, 0.2) is 5.67 Å². The summed E-state index contributed by atoms with van der Waals surface area (Å²) in [5.74, 6) is 0.309. The van der Waals surface area contributed by atoms with Crippen LogP contribution in [0.15, 0.2) is 11.7 Å². The molecule has 3 heterocycles. The molecule has 0 aromatic carbocycles. The van der Waals surface area contributed by atoms with Crippen LogP contribution in [0.3, 0.4) is 0 Å². The molecule has 0 aliphatic carbocycles. The molecule has 4 N–H and O–H groups in total. The van der Waals surface area contributed by atoms with Crippen LogP contribution >= 0.6 is 11.3 Å². The van der Waals surface area contributed by atoms with Gasteiger partial charge in [-0.15, -0.1) is 11.3 Å². The monoisotopic (exact) mass is 313 g/mol. The van der Waals surface area contributed by atoms with E-state index < -0.39 is 30.1 Å². The maximum atomic E-state index is 15.1. The molecule has 0 saturated carbocycles. The summed E-state index contributed by atoms with van der Waals surface area (Å²) in [6, 6.07) is 0. The molecule has 0 spiro atoms. The molecule has 8 heteroatoms. The van der Waals surface area contributed by atoms with Crippen molar-refractivity contribution < 1.29 is 19.3 Å². The molecule has 1 saturated heterocycles. The van der Waals surface area contributed by atoms with Crippen LogP contribution in [-0.4, -0.2) is 44.7 Å². The molecule has 0 radical (unpaired) electrons. The lowest BCUT2D eigenvalue weighted by Gasteiger charge is -2.33.